The lowest BCUT2D eigenvalue weighted by Gasteiger charge is -2.22. The molecule has 3 heteroatoms. The maximum Gasteiger partial charge on any atom is 0.0620 e. The van der Waals surface area contributed by atoms with Gasteiger partial charge in [0.1, 0.15) is 0 Å². The van der Waals surface area contributed by atoms with Crippen molar-refractivity contribution in [1.29, 1.82) is 0 Å². The fourth-order valence-corrected chi connectivity index (χ4v) is 12.1. The normalized spacial score (nSPS) is 13.4. The quantitative estimate of drug-likeness (QED) is 0.168. The van der Waals surface area contributed by atoms with E-state index < -0.39 is 0 Å². The Labute approximate surface area is 381 Å². The van der Waals surface area contributed by atoms with Crippen molar-refractivity contribution in [3.05, 3.63) is 223 Å². The molecular formula is C63H41N3. The van der Waals surface area contributed by atoms with Crippen molar-refractivity contribution in [3.63, 3.8) is 0 Å². The van der Waals surface area contributed by atoms with E-state index in [1.165, 1.54) is 132 Å². The molecule has 0 radical (unpaired) electrons. The zero-order chi connectivity index (χ0) is 43.4. The van der Waals surface area contributed by atoms with Gasteiger partial charge in [-0.3, -0.25) is 0 Å². The number of rotatable bonds is 4. The summed E-state index contributed by atoms with van der Waals surface area (Å²) in [6.45, 7) is 4.72. The third-order valence-electron chi connectivity index (χ3n) is 15.2. The van der Waals surface area contributed by atoms with E-state index in [0.29, 0.717) is 0 Å². The first kappa shape index (κ1) is 36.0. The summed E-state index contributed by atoms with van der Waals surface area (Å²) in [6.07, 6.45) is 0. The van der Waals surface area contributed by atoms with E-state index in [4.69, 9.17) is 0 Å². The third kappa shape index (κ3) is 4.71. The van der Waals surface area contributed by atoms with Crippen LogP contribution in [0.25, 0.3) is 126 Å². The van der Waals surface area contributed by atoms with Gasteiger partial charge in [0.15, 0.2) is 0 Å². The molecule has 0 unspecified atom stereocenters. The van der Waals surface area contributed by atoms with Crippen LogP contribution < -0.4 is 0 Å². The zero-order valence-corrected chi connectivity index (χ0v) is 36.5. The topological polar surface area (TPSA) is 14.3 Å². The molecule has 0 N–H and O–H groups in total. The van der Waals surface area contributed by atoms with Crippen molar-refractivity contribution in [1.82, 2.24) is 13.5 Å². The van der Waals surface area contributed by atoms with Crippen LogP contribution in [0.15, 0.2) is 212 Å². The number of aromatic nitrogens is 3. The molecule has 0 atom stereocenters. The first-order chi connectivity index (χ1) is 32.5. The largest absolute Gasteiger partial charge is 0.309 e. The highest BCUT2D eigenvalue weighted by Gasteiger charge is 2.35. The molecule has 0 bridgehead atoms. The van der Waals surface area contributed by atoms with E-state index in [-0.39, 0.29) is 5.41 Å². The predicted molar refractivity (Wildman–Crippen MR) is 278 cm³/mol. The van der Waals surface area contributed by atoms with Crippen LogP contribution in [0.5, 0.6) is 0 Å². The van der Waals surface area contributed by atoms with E-state index in [1.54, 1.807) is 0 Å². The monoisotopic (exact) mass is 839 g/mol. The minimum absolute atomic E-state index is 0.0612. The average molecular weight is 840 g/mol. The highest BCUT2D eigenvalue weighted by molar-refractivity contribution is 6.23. The molecule has 0 spiro atoms. The predicted octanol–water partition coefficient (Wildman–Crippen LogP) is 16.7. The zero-order valence-electron chi connectivity index (χ0n) is 36.5. The molecule has 308 valence electrons. The average Bonchev–Trinajstić information content (AvgIpc) is 4.14. The Morgan fingerprint density at radius 3 is 1.38 bits per heavy atom. The van der Waals surface area contributed by atoms with Crippen LogP contribution in [0.1, 0.15) is 25.0 Å². The number of benzene rings is 10. The van der Waals surface area contributed by atoms with Crippen LogP contribution in [0.4, 0.5) is 0 Å². The standard InChI is InChI=1S/C63H41N3/c1-63(2)54-18-7-3-12-44(54)45-30-28-42(36-55(45)63)64-56-19-8-5-14-47(56)52-34-40(26-32-59(52)64)38-22-24-39(25-23-38)41-27-33-60-53(35-41)48-15-6-9-20-57(48)65(60)43-29-31-49-51-17-11-16-50-46-13-4-10-21-58(46)66(62(50)51)61(49)37-43/h3-37H,1-2H3. The van der Waals surface area contributed by atoms with Crippen molar-refractivity contribution in [2.24, 2.45) is 0 Å². The summed E-state index contributed by atoms with van der Waals surface area (Å²) in [5.41, 5.74) is 21.3. The van der Waals surface area contributed by atoms with Gasteiger partial charge in [-0.25, -0.2) is 0 Å². The second kappa shape index (κ2) is 12.9. The third-order valence-corrected chi connectivity index (χ3v) is 15.2. The maximum absolute atomic E-state index is 2.47. The molecule has 0 saturated carbocycles. The van der Waals surface area contributed by atoms with Crippen molar-refractivity contribution >= 4 is 81.7 Å². The smallest absolute Gasteiger partial charge is 0.0620 e. The molecule has 4 heterocycles. The second-order valence-electron chi connectivity index (χ2n) is 18.9. The van der Waals surface area contributed by atoms with Gasteiger partial charge < -0.3 is 13.5 Å². The van der Waals surface area contributed by atoms with Gasteiger partial charge in [-0.1, -0.05) is 159 Å². The molecule has 1 aliphatic rings. The van der Waals surface area contributed by atoms with E-state index >= 15 is 0 Å². The Hall–Kier alpha value is -8.40. The summed E-state index contributed by atoms with van der Waals surface area (Å²) in [5, 5.41) is 10.2. The summed E-state index contributed by atoms with van der Waals surface area (Å²) in [6, 6.07) is 79.3. The lowest BCUT2D eigenvalue weighted by atomic mass is 9.82. The molecule has 15 rings (SSSR count). The molecule has 1 aliphatic carbocycles. The number of hydrogen-bond acceptors (Lipinski definition) is 0. The lowest BCUT2D eigenvalue weighted by Crippen LogP contribution is -2.15. The summed E-state index contributed by atoms with van der Waals surface area (Å²) < 4.78 is 7.37. The molecule has 3 nitrogen and oxygen atoms in total. The Kier molecular flexibility index (Phi) is 7.02. The van der Waals surface area contributed by atoms with Crippen molar-refractivity contribution in [2.45, 2.75) is 19.3 Å². The van der Waals surface area contributed by atoms with Gasteiger partial charge in [-0.15, -0.1) is 0 Å². The summed E-state index contributed by atoms with van der Waals surface area (Å²) in [7, 11) is 0. The van der Waals surface area contributed by atoms with Crippen molar-refractivity contribution < 1.29 is 0 Å². The van der Waals surface area contributed by atoms with Gasteiger partial charge in [0.25, 0.3) is 0 Å². The van der Waals surface area contributed by atoms with Gasteiger partial charge >= 0.3 is 0 Å². The Bertz CT molecular complexity index is 4360. The lowest BCUT2D eigenvalue weighted by molar-refractivity contribution is 0.660. The molecule has 0 saturated heterocycles. The van der Waals surface area contributed by atoms with Crippen LogP contribution in [-0.4, -0.2) is 13.5 Å². The van der Waals surface area contributed by atoms with E-state index in [1.807, 2.05) is 0 Å². The van der Waals surface area contributed by atoms with Crippen molar-refractivity contribution in [2.75, 3.05) is 0 Å². The second-order valence-corrected chi connectivity index (χ2v) is 18.9. The summed E-state index contributed by atoms with van der Waals surface area (Å²) in [4.78, 5) is 0. The fraction of sp³-hybridized carbons (Fsp3) is 0.0476. The summed E-state index contributed by atoms with van der Waals surface area (Å²) in [5.74, 6) is 0. The highest BCUT2D eigenvalue weighted by Crippen LogP contribution is 2.50. The van der Waals surface area contributed by atoms with Gasteiger partial charge in [0, 0.05) is 59.9 Å². The minimum Gasteiger partial charge on any atom is -0.309 e. The molecule has 0 amide bonds. The van der Waals surface area contributed by atoms with Gasteiger partial charge in [0.05, 0.1) is 38.6 Å². The SMILES string of the molecule is CC1(C)c2ccccc2-c2ccc(-n3c4ccccc4c4cc(-c5ccc(-c6ccc7c(c6)c6ccccc6n7-c6ccc7c8cccc9c%10ccccc%10n(c7c6)c98)cc5)ccc43)cc21. The Morgan fingerprint density at radius 2 is 0.742 bits per heavy atom. The number of fused-ring (bicyclic) bond motifs is 15. The van der Waals surface area contributed by atoms with Crippen molar-refractivity contribution in [3.8, 4) is 44.8 Å². The molecule has 14 aromatic rings. The number of para-hydroxylation sites is 4. The van der Waals surface area contributed by atoms with Crippen LogP contribution in [0, 0.1) is 0 Å². The number of nitrogens with zero attached hydrogens (tertiary/aromatic N) is 3. The molecule has 4 aromatic heterocycles. The fourth-order valence-electron chi connectivity index (χ4n) is 12.1. The van der Waals surface area contributed by atoms with Gasteiger partial charge in [0.2, 0.25) is 0 Å². The highest BCUT2D eigenvalue weighted by atomic mass is 15.0. The van der Waals surface area contributed by atoms with E-state index in [9.17, 15) is 0 Å². The van der Waals surface area contributed by atoms with Crippen LogP contribution >= 0.6 is 0 Å². The Morgan fingerprint density at radius 1 is 0.288 bits per heavy atom. The van der Waals surface area contributed by atoms with Crippen LogP contribution in [-0.2, 0) is 5.41 Å². The first-order valence-corrected chi connectivity index (χ1v) is 23.1. The van der Waals surface area contributed by atoms with Gasteiger partial charge in [-0.05, 0) is 111 Å². The maximum atomic E-state index is 2.47. The first-order valence-electron chi connectivity index (χ1n) is 23.1. The van der Waals surface area contributed by atoms with Crippen LogP contribution in [0.3, 0.4) is 0 Å². The molecule has 0 fully saturated rings. The molecule has 66 heavy (non-hydrogen) atoms. The molecular weight excluding hydrogens is 799 g/mol. The Balaban J connectivity index is 0.809. The molecule has 10 aromatic carbocycles. The summed E-state index contributed by atoms with van der Waals surface area (Å²) >= 11 is 0. The molecule has 0 aliphatic heterocycles. The minimum atomic E-state index is -0.0612. The van der Waals surface area contributed by atoms with Gasteiger partial charge in [-0.2, -0.15) is 0 Å². The van der Waals surface area contributed by atoms with E-state index in [0.717, 1.165) is 5.69 Å². The van der Waals surface area contributed by atoms with Crippen LogP contribution in [0.2, 0.25) is 0 Å². The van der Waals surface area contributed by atoms with E-state index in [2.05, 4.69) is 240 Å². The number of hydrogen-bond donors (Lipinski definition) is 0.